The van der Waals surface area contributed by atoms with Crippen LogP contribution in [0.5, 0.6) is 0 Å². The van der Waals surface area contributed by atoms with Gasteiger partial charge in [-0.3, -0.25) is 0 Å². The third-order valence-electron chi connectivity index (χ3n) is 4.01. The van der Waals surface area contributed by atoms with Gasteiger partial charge in [-0.25, -0.2) is 9.37 Å². The Kier molecular flexibility index (Phi) is 7.01. The van der Waals surface area contributed by atoms with Crippen LogP contribution in [0.2, 0.25) is 0 Å². The van der Waals surface area contributed by atoms with Gasteiger partial charge in [0.15, 0.2) is 0 Å². The Morgan fingerprint density at radius 1 is 1.17 bits per heavy atom. The van der Waals surface area contributed by atoms with Crippen LogP contribution in [0, 0.1) is 5.82 Å². The largest absolute Gasteiger partial charge is 0.373 e. The molecular weight excluding hydrogens is 289 g/mol. The number of piperidine rings is 1. The van der Waals surface area contributed by atoms with E-state index in [0.717, 1.165) is 24.5 Å². The number of aryl methyl sites for hydroxylation is 1. The molecule has 1 aliphatic rings. The summed E-state index contributed by atoms with van der Waals surface area (Å²) in [7, 11) is 1.88. The Hall–Kier alpha value is -1.94. The van der Waals surface area contributed by atoms with Gasteiger partial charge in [-0.1, -0.05) is 31.5 Å². The van der Waals surface area contributed by atoms with E-state index < -0.39 is 0 Å². The topological polar surface area (TPSA) is 37.0 Å². The highest BCUT2D eigenvalue weighted by Crippen LogP contribution is 2.22. The van der Waals surface area contributed by atoms with E-state index in [1.807, 2.05) is 37.4 Å². The van der Waals surface area contributed by atoms with E-state index in [9.17, 15) is 4.39 Å². The number of halogens is 1. The van der Waals surface area contributed by atoms with E-state index in [-0.39, 0.29) is 5.82 Å². The van der Waals surface area contributed by atoms with Gasteiger partial charge in [0, 0.05) is 18.8 Å². The zero-order valence-electron chi connectivity index (χ0n) is 14.0. The van der Waals surface area contributed by atoms with Gasteiger partial charge in [0.2, 0.25) is 0 Å². The minimum Gasteiger partial charge on any atom is -0.373 e. The number of aromatic nitrogens is 1. The normalized spacial score (nSPS) is 17.1. The minimum absolute atomic E-state index is 0.153. The molecule has 2 N–H and O–H groups in total. The number of hydrogen-bond acceptors (Lipinski definition) is 3. The highest BCUT2D eigenvalue weighted by Gasteiger charge is 2.13. The van der Waals surface area contributed by atoms with Crippen molar-refractivity contribution in [1.29, 1.82) is 0 Å². The zero-order valence-corrected chi connectivity index (χ0v) is 14.0. The van der Waals surface area contributed by atoms with Crippen molar-refractivity contribution in [2.24, 2.45) is 0 Å². The second-order valence-electron chi connectivity index (χ2n) is 5.67. The smallest absolute Gasteiger partial charge is 0.125 e. The number of nitrogens with zero attached hydrogens (tertiary/aromatic N) is 1. The Bertz CT molecular complexity index is 558. The van der Waals surface area contributed by atoms with Gasteiger partial charge in [-0.15, -0.1) is 0 Å². The van der Waals surface area contributed by atoms with Crippen LogP contribution >= 0.6 is 0 Å². The number of pyridine rings is 1. The third-order valence-corrected chi connectivity index (χ3v) is 4.01. The number of rotatable bonds is 3. The molecule has 1 saturated heterocycles. The van der Waals surface area contributed by atoms with E-state index in [1.165, 1.54) is 37.0 Å². The molecule has 0 amide bonds. The van der Waals surface area contributed by atoms with Crippen LogP contribution in [-0.4, -0.2) is 18.6 Å². The minimum atomic E-state index is -0.153. The molecule has 1 fully saturated rings. The molecule has 3 rings (SSSR count). The first-order valence-corrected chi connectivity index (χ1v) is 8.35. The summed E-state index contributed by atoms with van der Waals surface area (Å²) in [6, 6.07) is 13.3. The predicted molar refractivity (Wildman–Crippen MR) is 94.2 cm³/mol. The average Bonchev–Trinajstić information content (AvgIpc) is 2.63. The molecule has 1 unspecified atom stereocenters. The van der Waals surface area contributed by atoms with E-state index in [1.54, 1.807) is 0 Å². The molecule has 1 aliphatic heterocycles. The van der Waals surface area contributed by atoms with Gasteiger partial charge >= 0.3 is 0 Å². The molecule has 0 bridgehead atoms. The van der Waals surface area contributed by atoms with E-state index in [2.05, 4.69) is 22.5 Å². The summed E-state index contributed by atoms with van der Waals surface area (Å²) in [5, 5.41) is 6.42. The monoisotopic (exact) mass is 315 g/mol. The highest BCUT2D eigenvalue weighted by molar-refractivity contribution is 5.34. The molecule has 0 saturated carbocycles. The molecule has 0 spiro atoms. The maximum absolute atomic E-state index is 12.6. The molecule has 2 aromatic rings. The standard InChI is InChI=1S/C11H14FN.C8H12N2/c12-10-6-4-9(5-7-10)11-3-1-2-8-13-11;1-3-7-5-4-6-8(9-2)10-7/h4-7,11,13H,1-3,8H2;4-6H,3H2,1-2H3,(H,9,10). The van der Waals surface area contributed by atoms with E-state index in [0.29, 0.717) is 6.04 Å². The van der Waals surface area contributed by atoms with Crippen LogP contribution in [-0.2, 0) is 6.42 Å². The third kappa shape index (κ3) is 5.64. The Balaban J connectivity index is 0.000000174. The fourth-order valence-corrected chi connectivity index (χ4v) is 2.65. The van der Waals surface area contributed by atoms with E-state index in [4.69, 9.17) is 0 Å². The van der Waals surface area contributed by atoms with Gasteiger partial charge in [0.1, 0.15) is 11.6 Å². The molecule has 1 aromatic heterocycles. The number of benzene rings is 1. The molecule has 4 heteroatoms. The van der Waals surface area contributed by atoms with E-state index >= 15 is 0 Å². The SMILES string of the molecule is CCc1cccc(NC)n1.Fc1ccc(C2CCCCN2)cc1. The second-order valence-corrected chi connectivity index (χ2v) is 5.67. The summed E-state index contributed by atoms with van der Waals surface area (Å²) < 4.78 is 12.6. The molecule has 124 valence electrons. The molecule has 0 aliphatic carbocycles. The van der Waals surface area contributed by atoms with Crippen molar-refractivity contribution in [2.45, 2.75) is 38.6 Å². The summed E-state index contributed by atoms with van der Waals surface area (Å²) in [6.07, 6.45) is 4.70. The van der Waals surface area contributed by atoms with Crippen molar-refractivity contribution in [3.63, 3.8) is 0 Å². The van der Waals surface area contributed by atoms with Gasteiger partial charge in [-0.05, 0) is 55.6 Å². The summed E-state index contributed by atoms with van der Waals surface area (Å²) in [5.41, 5.74) is 2.34. The van der Waals surface area contributed by atoms with Gasteiger partial charge < -0.3 is 10.6 Å². The van der Waals surface area contributed by atoms with Crippen molar-refractivity contribution in [2.75, 3.05) is 18.9 Å². The van der Waals surface area contributed by atoms with Crippen molar-refractivity contribution >= 4 is 5.82 Å². The van der Waals surface area contributed by atoms with Crippen LogP contribution in [0.3, 0.4) is 0 Å². The van der Waals surface area contributed by atoms with Gasteiger partial charge in [0.05, 0.1) is 0 Å². The first-order chi connectivity index (χ1) is 11.2. The van der Waals surface area contributed by atoms with Gasteiger partial charge in [0.25, 0.3) is 0 Å². The molecule has 23 heavy (non-hydrogen) atoms. The fourth-order valence-electron chi connectivity index (χ4n) is 2.65. The van der Waals surface area contributed by atoms with Crippen LogP contribution in [0.15, 0.2) is 42.5 Å². The number of hydrogen-bond donors (Lipinski definition) is 2. The molecule has 2 heterocycles. The zero-order chi connectivity index (χ0) is 16.5. The maximum atomic E-state index is 12.6. The van der Waals surface area contributed by atoms with Crippen molar-refractivity contribution < 1.29 is 4.39 Å². The lowest BCUT2D eigenvalue weighted by Crippen LogP contribution is -2.26. The molecule has 3 nitrogen and oxygen atoms in total. The predicted octanol–water partition coefficient (Wildman–Crippen LogP) is 4.33. The number of nitrogens with one attached hydrogen (secondary N) is 2. The van der Waals surface area contributed by atoms with Crippen LogP contribution in [0.25, 0.3) is 0 Å². The van der Waals surface area contributed by atoms with Gasteiger partial charge in [-0.2, -0.15) is 0 Å². The quantitative estimate of drug-likeness (QED) is 0.885. The summed E-state index contributed by atoms with van der Waals surface area (Å²) in [5.74, 6) is 0.791. The summed E-state index contributed by atoms with van der Waals surface area (Å²) >= 11 is 0. The molecular formula is C19H26FN3. The molecule has 0 radical (unpaired) electrons. The highest BCUT2D eigenvalue weighted by atomic mass is 19.1. The maximum Gasteiger partial charge on any atom is 0.125 e. The lowest BCUT2D eigenvalue weighted by molar-refractivity contribution is 0.412. The van der Waals surface area contributed by atoms with Crippen molar-refractivity contribution in [1.82, 2.24) is 10.3 Å². The molecule has 1 atom stereocenters. The van der Waals surface area contributed by atoms with Crippen LogP contribution in [0.4, 0.5) is 10.2 Å². The van der Waals surface area contributed by atoms with Crippen LogP contribution in [0.1, 0.15) is 43.5 Å². The van der Waals surface area contributed by atoms with Crippen LogP contribution < -0.4 is 10.6 Å². The second kappa shape index (κ2) is 9.26. The average molecular weight is 315 g/mol. The summed E-state index contributed by atoms with van der Waals surface area (Å²) in [6.45, 7) is 3.18. The van der Waals surface area contributed by atoms with Crippen molar-refractivity contribution in [3.8, 4) is 0 Å². The number of anilines is 1. The first-order valence-electron chi connectivity index (χ1n) is 8.35. The first kappa shape index (κ1) is 17.4. The van der Waals surface area contributed by atoms with Crippen molar-refractivity contribution in [3.05, 3.63) is 59.5 Å². The Labute approximate surface area is 138 Å². The summed E-state index contributed by atoms with van der Waals surface area (Å²) in [4.78, 5) is 4.30. The lowest BCUT2D eigenvalue weighted by Gasteiger charge is -2.23. The lowest BCUT2D eigenvalue weighted by atomic mass is 9.98. The Morgan fingerprint density at radius 2 is 1.96 bits per heavy atom. The molecule has 1 aromatic carbocycles. The fraction of sp³-hybridized carbons (Fsp3) is 0.421. The Morgan fingerprint density at radius 3 is 2.57 bits per heavy atom.